The first kappa shape index (κ1) is 23.5. The van der Waals surface area contributed by atoms with Gasteiger partial charge in [0.15, 0.2) is 0 Å². The SMILES string of the molecule is CCCCOC1CO[C@H]2[C@@H]1OC[C@H]2OC1Nc2cc(Cl)c(-c3ccc(C4(CO)CC4)cc3)cc2N1. The average molecular weight is 501 g/mol. The molecule has 188 valence electrons. The van der Waals surface area contributed by atoms with Crippen molar-refractivity contribution in [2.24, 2.45) is 0 Å². The van der Waals surface area contributed by atoms with E-state index in [4.69, 9.17) is 30.5 Å². The Kier molecular flexibility index (Phi) is 6.41. The molecule has 1 aliphatic carbocycles. The van der Waals surface area contributed by atoms with Gasteiger partial charge < -0.3 is 34.7 Å². The number of hydrogen-bond acceptors (Lipinski definition) is 7. The van der Waals surface area contributed by atoms with Crippen molar-refractivity contribution in [1.82, 2.24) is 0 Å². The van der Waals surface area contributed by atoms with Crippen molar-refractivity contribution in [2.75, 3.05) is 37.1 Å². The molecule has 3 heterocycles. The Hall–Kier alpha value is -1.87. The minimum absolute atomic E-state index is 0.0261. The average Bonchev–Trinajstić information content (AvgIpc) is 3.19. The predicted molar refractivity (Wildman–Crippen MR) is 135 cm³/mol. The van der Waals surface area contributed by atoms with Crippen molar-refractivity contribution in [2.45, 2.75) is 68.8 Å². The fourth-order valence-corrected chi connectivity index (χ4v) is 5.63. The van der Waals surface area contributed by atoms with Crippen molar-refractivity contribution >= 4 is 23.0 Å². The van der Waals surface area contributed by atoms with Gasteiger partial charge in [0.05, 0.1) is 36.2 Å². The third-order valence-electron chi connectivity index (χ3n) is 7.75. The number of nitrogens with one attached hydrogen (secondary N) is 2. The van der Waals surface area contributed by atoms with Crippen molar-refractivity contribution < 1.29 is 24.1 Å². The Morgan fingerprint density at radius 3 is 2.40 bits per heavy atom. The fourth-order valence-electron chi connectivity index (χ4n) is 5.35. The number of halogens is 1. The van der Waals surface area contributed by atoms with Crippen LogP contribution in [0.4, 0.5) is 11.4 Å². The summed E-state index contributed by atoms with van der Waals surface area (Å²) in [7, 11) is 0. The second-order valence-electron chi connectivity index (χ2n) is 10.1. The number of aliphatic hydroxyl groups is 1. The maximum Gasteiger partial charge on any atom is 0.205 e. The lowest BCUT2D eigenvalue weighted by Crippen LogP contribution is -2.39. The van der Waals surface area contributed by atoms with Crippen LogP contribution in [0, 0.1) is 0 Å². The van der Waals surface area contributed by atoms with E-state index in [0.29, 0.717) is 18.2 Å². The number of benzene rings is 2. The predicted octanol–water partition coefficient (Wildman–Crippen LogP) is 4.52. The maximum absolute atomic E-state index is 9.71. The molecule has 0 spiro atoms. The molecule has 0 aromatic heterocycles. The van der Waals surface area contributed by atoms with E-state index in [1.54, 1.807) is 0 Å². The van der Waals surface area contributed by atoms with Crippen molar-refractivity contribution in [3.63, 3.8) is 0 Å². The van der Waals surface area contributed by atoms with Crippen LogP contribution in [-0.2, 0) is 24.4 Å². The molecule has 5 atom stereocenters. The normalized spacial score (nSPS) is 30.0. The number of aliphatic hydroxyl groups excluding tert-OH is 1. The lowest BCUT2D eigenvalue weighted by molar-refractivity contribution is -0.0618. The Morgan fingerprint density at radius 2 is 1.71 bits per heavy atom. The molecule has 7 nitrogen and oxygen atoms in total. The van der Waals surface area contributed by atoms with Crippen LogP contribution in [0.2, 0.25) is 5.02 Å². The first-order chi connectivity index (χ1) is 17.1. The van der Waals surface area contributed by atoms with Gasteiger partial charge in [-0.05, 0) is 42.5 Å². The summed E-state index contributed by atoms with van der Waals surface area (Å²) in [5.41, 5.74) is 5.00. The first-order valence-corrected chi connectivity index (χ1v) is 13.1. The Bertz CT molecular complexity index is 1060. The molecule has 6 rings (SSSR count). The molecular weight excluding hydrogens is 468 g/mol. The molecule has 2 aromatic carbocycles. The van der Waals surface area contributed by atoms with Crippen molar-refractivity contribution in [3.8, 4) is 11.1 Å². The van der Waals surface area contributed by atoms with E-state index >= 15 is 0 Å². The number of unbranched alkanes of at least 4 members (excludes halogenated alkanes) is 1. The molecule has 3 fully saturated rings. The van der Waals surface area contributed by atoms with Crippen molar-refractivity contribution in [1.29, 1.82) is 0 Å². The summed E-state index contributed by atoms with van der Waals surface area (Å²) in [4.78, 5) is 0. The quantitative estimate of drug-likeness (QED) is 0.437. The zero-order valence-electron chi connectivity index (χ0n) is 20.0. The Morgan fingerprint density at radius 1 is 1.03 bits per heavy atom. The third-order valence-corrected chi connectivity index (χ3v) is 8.06. The van der Waals surface area contributed by atoms with Crippen LogP contribution in [0.1, 0.15) is 38.2 Å². The second-order valence-corrected chi connectivity index (χ2v) is 10.5. The second kappa shape index (κ2) is 9.54. The number of hydrogen-bond donors (Lipinski definition) is 3. The number of anilines is 2. The third kappa shape index (κ3) is 4.43. The van der Waals surface area contributed by atoms with Gasteiger partial charge in [0.1, 0.15) is 24.4 Å². The molecule has 0 amide bonds. The Balaban J connectivity index is 1.10. The highest BCUT2D eigenvalue weighted by Crippen LogP contribution is 2.48. The lowest BCUT2D eigenvalue weighted by Gasteiger charge is -2.21. The highest BCUT2D eigenvalue weighted by Gasteiger charge is 2.50. The van der Waals surface area contributed by atoms with E-state index in [-0.39, 0.29) is 36.4 Å². The fraction of sp³-hybridized carbons (Fsp3) is 0.556. The summed E-state index contributed by atoms with van der Waals surface area (Å²) in [5.74, 6) is 0. The molecule has 3 aliphatic heterocycles. The highest BCUT2D eigenvalue weighted by atomic mass is 35.5. The van der Waals surface area contributed by atoms with Gasteiger partial charge in [0.2, 0.25) is 6.35 Å². The number of rotatable bonds is 9. The largest absolute Gasteiger partial charge is 0.395 e. The minimum atomic E-state index is -0.394. The van der Waals surface area contributed by atoms with Gasteiger partial charge >= 0.3 is 0 Å². The summed E-state index contributed by atoms with van der Waals surface area (Å²) in [5, 5.41) is 17.2. The van der Waals surface area contributed by atoms with Crippen LogP contribution in [0.15, 0.2) is 36.4 Å². The van der Waals surface area contributed by atoms with Gasteiger partial charge in [0.25, 0.3) is 0 Å². The summed E-state index contributed by atoms with van der Waals surface area (Å²) < 4.78 is 24.3. The molecule has 35 heavy (non-hydrogen) atoms. The summed E-state index contributed by atoms with van der Waals surface area (Å²) in [6.45, 7) is 4.11. The van der Waals surface area contributed by atoms with Gasteiger partial charge in [-0.2, -0.15) is 0 Å². The van der Waals surface area contributed by atoms with E-state index in [1.807, 2.05) is 6.07 Å². The molecule has 1 saturated carbocycles. The lowest BCUT2D eigenvalue weighted by atomic mass is 9.94. The van der Waals surface area contributed by atoms with Crippen LogP contribution in [-0.4, -0.2) is 62.3 Å². The maximum atomic E-state index is 9.71. The van der Waals surface area contributed by atoms with Crippen LogP contribution in [0.5, 0.6) is 0 Å². The van der Waals surface area contributed by atoms with Gasteiger partial charge in [-0.25, -0.2) is 0 Å². The van der Waals surface area contributed by atoms with Crippen LogP contribution in [0.25, 0.3) is 11.1 Å². The molecule has 0 radical (unpaired) electrons. The number of ether oxygens (including phenoxy) is 4. The van der Waals surface area contributed by atoms with Crippen molar-refractivity contribution in [3.05, 3.63) is 47.0 Å². The summed E-state index contributed by atoms with van der Waals surface area (Å²) >= 11 is 6.67. The zero-order valence-corrected chi connectivity index (χ0v) is 20.7. The summed E-state index contributed by atoms with van der Waals surface area (Å²) in [6, 6.07) is 12.4. The molecule has 2 aromatic rings. The molecule has 2 unspecified atom stereocenters. The zero-order chi connectivity index (χ0) is 24.0. The van der Waals surface area contributed by atoms with Crippen LogP contribution < -0.4 is 10.6 Å². The standard InChI is InChI=1S/C27H33ClN2O5/c1-2-3-10-32-22-13-33-25-23(14-34-24(22)25)35-26-29-20-11-18(19(28)12-21(20)30-26)16-4-6-17(7-5-16)27(15-31)8-9-27/h4-7,11-12,22-26,29-31H,2-3,8-10,13-15H2,1H3/t22?,23-,24-,25-,26?/m1/s1. The first-order valence-electron chi connectivity index (χ1n) is 12.7. The molecular formula is C27H33ClN2O5. The topological polar surface area (TPSA) is 81.2 Å². The van der Waals surface area contributed by atoms with E-state index in [1.165, 1.54) is 5.56 Å². The van der Waals surface area contributed by atoms with E-state index in [0.717, 1.165) is 54.8 Å². The van der Waals surface area contributed by atoms with Gasteiger partial charge in [-0.15, -0.1) is 0 Å². The molecule has 0 bridgehead atoms. The van der Waals surface area contributed by atoms with Gasteiger partial charge in [-0.1, -0.05) is 49.2 Å². The van der Waals surface area contributed by atoms with E-state index < -0.39 is 6.35 Å². The summed E-state index contributed by atoms with van der Waals surface area (Å²) in [6.07, 6.45) is 3.44. The van der Waals surface area contributed by atoms with Crippen LogP contribution in [0.3, 0.4) is 0 Å². The minimum Gasteiger partial charge on any atom is -0.395 e. The number of fused-ring (bicyclic) bond motifs is 2. The van der Waals surface area contributed by atoms with E-state index in [2.05, 4.69) is 47.9 Å². The highest BCUT2D eigenvalue weighted by molar-refractivity contribution is 6.34. The molecule has 3 N–H and O–H groups in total. The monoisotopic (exact) mass is 500 g/mol. The molecule has 4 aliphatic rings. The van der Waals surface area contributed by atoms with Gasteiger partial charge in [-0.3, -0.25) is 0 Å². The van der Waals surface area contributed by atoms with Crippen LogP contribution >= 0.6 is 11.6 Å². The Labute approximate surface area is 211 Å². The molecule has 8 heteroatoms. The van der Waals surface area contributed by atoms with Gasteiger partial charge in [0, 0.05) is 17.6 Å². The molecule has 2 saturated heterocycles. The smallest absolute Gasteiger partial charge is 0.205 e. The van der Waals surface area contributed by atoms with E-state index in [9.17, 15) is 5.11 Å².